The van der Waals surface area contributed by atoms with Gasteiger partial charge < -0.3 is 9.88 Å². The van der Waals surface area contributed by atoms with Crippen molar-refractivity contribution in [3.05, 3.63) is 29.6 Å². The molecular formula is C13H19N3. The average molecular weight is 217 g/mol. The van der Waals surface area contributed by atoms with Crippen molar-refractivity contribution in [3.63, 3.8) is 0 Å². The van der Waals surface area contributed by atoms with E-state index in [1.165, 1.54) is 16.9 Å². The summed E-state index contributed by atoms with van der Waals surface area (Å²) in [5, 5.41) is 3.17. The van der Waals surface area contributed by atoms with Crippen molar-refractivity contribution < 1.29 is 0 Å². The molecule has 3 heteroatoms. The summed E-state index contributed by atoms with van der Waals surface area (Å²) >= 11 is 0. The van der Waals surface area contributed by atoms with Crippen LogP contribution < -0.4 is 5.32 Å². The van der Waals surface area contributed by atoms with Gasteiger partial charge in [-0.05, 0) is 38.6 Å². The highest BCUT2D eigenvalue weighted by molar-refractivity contribution is 5.79. The monoisotopic (exact) mass is 217 g/mol. The number of para-hydroxylation sites is 1. The quantitative estimate of drug-likeness (QED) is 0.794. The van der Waals surface area contributed by atoms with E-state index in [4.69, 9.17) is 0 Å². The molecule has 0 aliphatic carbocycles. The number of fused-ring (bicyclic) bond motifs is 1. The molecule has 2 aromatic rings. The van der Waals surface area contributed by atoms with E-state index in [1.54, 1.807) is 0 Å². The van der Waals surface area contributed by atoms with Crippen LogP contribution in [0.3, 0.4) is 0 Å². The van der Waals surface area contributed by atoms with Crippen molar-refractivity contribution in [2.75, 3.05) is 13.6 Å². The fraction of sp³-hybridized carbons (Fsp3) is 0.462. The van der Waals surface area contributed by atoms with Gasteiger partial charge in [-0.2, -0.15) is 0 Å². The Kier molecular flexibility index (Phi) is 3.25. The molecule has 0 spiro atoms. The van der Waals surface area contributed by atoms with Crippen molar-refractivity contribution in [1.82, 2.24) is 14.9 Å². The minimum Gasteiger partial charge on any atom is -0.331 e. The average Bonchev–Trinajstić information content (AvgIpc) is 2.58. The third-order valence-corrected chi connectivity index (χ3v) is 3.02. The first kappa shape index (κ1) is 11.1. The van der Waals surface area contributed by atoms with Crippen LogP contribution in [-0.2, 0) is 13.5 Å². The van der Waals surface area contributed by atoms with Crippen molar-refractivity contribution in [3.8, 4) is 0 Å². The first-order chi connectivity index (χ1) is 7.74. The molecule has 0 atom stereocenters. The standard InChI is InChI=1S/C13H19N3/c1-10-6-4-7-11-13(10)16(3)12(15-11)8-5-9-14-2/h4,6-7,14H,5,8-9H2,1-3H3. The number of hydrogen-bond donors (Lipinski definition) is 1. The molecule has 3 nitrogen and oxygen atoms in total. The maximum Gasteiger partial charge on any atom is 0.109 e. The second-order valence-electron chi connectivity index (χ2n) is 4.24. The molecule has 0 unspecified atom stereocenters. The SMILES string of the molecule is CNCCCc1nc2cccc(C)c2n1C. The van der Waals surface area contributed by atoms with E-state index in [9.17, 15) is 0 Å². The molecule has 0 bridgehead atoms. The van der Waals surface area contributed by atoms with Gasteiger partial charge in [0.2, 0.25) is 0 Å². The van der Waals surface area contributed by atoms with Crippen molar-refractivity contribution >= 4 is 11.0 Å². The molecule has 0 fully saturated rings. The van der Waals surface area contributed by atoms with Gasteiger partial charge >= 0.3 is 0 Å². The number of nitrogens with zero attached hydrogens (tertiary/aromatic N) is 2. The number of hydrogen-bond acceptors (Lipinski definition) is 2. The summed E-state index contributed by atoms with van der Waals surface area (Å²) < 4.78 is 2.22. The summed E-state index contributed by atoms with van der Waals surface area (Å²) in [7, 11) is 4.09. The predicted octanol–water partition coefficient (Wildman–Crippen LogP) is 2.03. The van der Waals surface area contributed by atoms with Gasteiger partial charge in [0.15, 0.2) is 0 Å². The molecule has 86 valence electrons. The van der Waals surface area contributed by atoms with Crippen molar-refractivity contribution in [2.45, 2.75) is 19.8 Å². The molecule has 0 saturated heterocycles. The first-order valence-electron chi connectivity index (χ1n) is 5.79. The van der Waals surface area contributed by atoms with Crippen LogP contribution in [0.2, 0.25) is 0 Å². The summed E-state index contributed by atoms with van der Waals surface area (Å²) in [5.41, 5.74) is 3.68. The molecule has 0 radical (unpaired) electrons. The lowest BCUT2D eigenvalue weighted by atomic mass is 10.2. The summed E-state index contributed by atoms with van der Waals surface area (Å²) in [6.07, 6.45) is 2.16. The minimum absolute atomic E-state index is 1.03. The van der Waals surface area contributed by atoms with Crippen molar-refractivity contribution in [1.29, 1.82) is 0 Å². The Morgan fingerprint density at radius 2 is 2.19 bits per heavy atom. The number of rotatable bonds is 4. The minimum atomic E-state index is 1.03. The smallest absolute Gasteiger partial charge is 0.109 e. The maximum atomic E-state index is 4.68. The molecule has 1 aromatic heterocycles. The van der Waals surface area contributed by atoms with Gasteiger partial charge in [0, 0.05) is 13.5 Å². The lowest BCUT2D eigenvalue weighted by molar-refractivity contribution is 0.684. The third-order valence-electron chi connectivity index (χ3n) is 3.02. The third kappa shape index (κ3) is 1.95. The zero-order valence-corrected chi connectivity index (χ0v) is 10.2. The van der Waals surface area contributed by atoms with Gasteiger partial charge in [0.05, 0.1) is 11.0 Å². The molecule has 0 aliphatic rings. The van der Waals surface area contributed by atoms with E-state index in [0.29, 0.717) is 0 Å². The highest BCUT2D eigenvalue weighted by Gasteiger charge is 2.08. The molecule has 2 rings (SSSR count). The van der Waals surface area contributed by atoms with Gasteiger partial charge in [0.25, 0.3) is 0 Å². The Morgan fingerprint density at radius 3 is 2.88 bits per heavy atom. The number of aromatic nitrogens is 2. The molecule has 1 aromatic carbocycles. The highest BCUT2D eigenvalue weighted by atomic mass is 15.1. The summed E-state index contributed by atoms with van der Waals surface area (Å²) in [6.45, 7) is 3.18. The number of benzene rings is 1. The molecule has 0 aliphatic heterocycles. The van der Waals surface area contributed by atoms with Crippen LogP contribution in [0, 0.1) is 6.92 Å². The van der Waals surface area contributed by atoms with Crippen molar-refractivity contribution in [2.24, 2.45) is 7.05 Å². The van der Waals surface area contributed by atoms with Gasteiger partial charge in [-0.3, -0.25) is 0 Å². The topological polar surface area (TPSA) is 29.9 Å². The lowest BCUT2D eigenvalue weighted by Gasteiger charge is -2.03. The Labute approximate surface area is 96.5 Å². The number of imidazole rings is 1. The first-order valence-corrected chi connectivity index (χ1v) is 5.79. The van der Waals surface area contributed by atoms with Crippen LogP contribution >= 0.6 is 0 Å². The Hall–Kier alpha value is -1.35. The van der Waals surface area contributed by atoms with E-state index >= 15 is 0 Å². The van der Waals surface area contributed by atoms with E-state index in [0.717, 1.165) is 24.9 Å². The molecule has 1 heterocycles. The van der Waals surface area contributed by atoms with Gasteiger partial charge in [-0.1, -0.05) is 12.1 Å². The van der Waals surface area contributed by atoms with Crippen LogP contribution in [0.1, 0.15) is 17.8 Å². The highest BCUT2D eigenvalue weighted by Crippen LogP contribution is 2.19. The number of aryl methyl sites for hydroxylation is 3. The summed E-state index contributed by atoms with van der Waals surface area (Å²) in [5.74, 6) is 1.18. The van der Waals surface area contributed by atoms with Gasteiger partial charge in [0.1, 0.15) is 5.82 Å². The van der Waals surface area contributed by atoms with Crippen LogP contribution in [0.4, 0.5) is 0 Å². The van der Waals surface area contributed by atoms with E-state index in [1.807, 2.05) is 7.05 Å². The Morgan fingerprint density at radius 1 is 1.38 bits per heavy atom. The second-order valence-corrected chi connectivity index (χ2v) is 4.24. The Bertz CT molecular complexity index is 485. The fourth-order valence-corrected chi connectivity index (χ4v) is 2.16. The van der Waals surface area contributed by atoms with Crippen LogP contribution in [0.15, 0.2) is 18.2 Å². The predicted molar refractivity (Wildman–Crippen MR) is 67.7 cm³/mol. The van der Waals surface area contributed by atoms with Crippen LogP contribution in [0.25, 0.3) is 11.0 Å². The zero-order valence-electron chi connectivity index (χ0n) is 10.2. The normalized spacial score (nSPS) is 11.2. The van der Waals surface area contributed by atoms with E-state index in [2.05, 4.69) is 47.0 Å². The molecule has 16 heavy (non-hydrogen) atoms. The maximum absolute atomic E-state index is 4.68. The second kappa shape index (κ2) is 4.66. The zero-order chi connectivity index (χ0) is 11.5. The largest absolute Gasteiger partial charge is 0.331 e. The van der Waals surface area contributed by atoms with Crippen LogP contribution in [-0.4, -0.2) is 23.1 Å². The van der Waals surface area contributed by atoms with Gasteiger partial charge in [-0.15, -0.1) is 0 Å². The fourth-order valence-electron chi connectivity index (χ4n) is 2.16. The van der Waals surface area contributed by atoms with Gasteiger partial charge in [-0.25, -0.2) is 4.98 Å². The Balaban J connectivity index is 2.33. The molecular weight excluding hydrogens is 198 g/mol. The molecule has 0 saturated carbocycles. The van der Waals surface area contributed by atoms with Crippen LogP contribution in [0.5, 0.6) is 0 Å². The van der Waals surface area contributed by atoms with E-state index < -0.39 is 0 Å². The summed E-state index contributed by atoms with van der Waals surface area (Å²) in [6, 6.07) is 6.30. The summed E-state index contributed by atoms with van der Waals surface area (Å²) in [4.78, 5) is 4.68. The lowest BCUT2D eigenvalue weighted by Crippen LogP contribution is -2.10. The number of nitrogens with one attached hydrogen (secondary N) is 1. The van der Waals surface area contributed by atoms with E-state index in [-0.39, 0.29) is 0 Å². The molecule has 0 amide bonds. The molecule has 1 N–H and O–H groups in total.